The average molecular weight is 269 g/mol. The first-order valence-corrected chi connectivity index (χ1v) is 7.49. The SMILES string of the molecule is Cc1ccccc1C(C)NC1CCCc2c1cnn2C. The molecule has 1 aliphatic carbocycles. The van der Waals surface area contributed by atoms with Crippen LogP contribution < -0.4 is 5.32 Å². The molecule has 0 fully saturated rings. The molecule has 1 aliphatic rings. The third kappa shape index (κ3) is 2.38. The van der Waals surface area contributed by atoms with E-state index in [2.05, 4.69) is 48.5 Å². The number of hydrogen-bond donors (Lipinski definition) is 1. The number of aromatic nitrogens is 2. The summed E-state index contributed by atoms with van der Waals surface area (Å²) in [5, 5.41) is 8.21. The number of aryl methyl sites for hydroxylation is 2. The van der Waals surface area contributed by atoms with E-state index in [1.807, 2.05) is 17.9 Å². The second kappa shape index (κ2) is 5.41. The van der Waals surface area contributed by atoms with Crippen LogP contribution in [0, 0.1) is 6.92 Å². The van der Waals surface area contributed by atoms with Crippen LogP contribution in [0.4, 0.5) is 0 Å². The van der Waals surface area contributed by atoms with E-state index in [1.165, 1.54) is 35.2 Å². The van der Waals surface area contributed by atoms with Gasteiger partial charge in [-0.05, 0) is 44.2 Å². The van der Waals surface area contributed by atoms with Gasteiger partial charge in [0.05, 0.1) is 6.20 Å². The summed E-state index contributed by atoms with van der Waals surface area (Å²) >= 11 is 0. The van der Waals surface area contributed by atoms with Crippen molar-refractivity contribution < 1.29 is 0 Å². The van der Waals surface area contributed by atoms with Gasteiger partial charge in [0.25, 0.3) is 0 Å². The lowest BCUT2D eigenvalue weighted by atomic mass is 9.91. The molecule has 3 rings (SSSR count). The van der Waals surface area contributed by atoms with Crippen molar-refractivity contribution in [2.24, 2.45) is 7.05 Å². The van der Waals surface area contributed by atoms with Crippen molar-refractivity contribution in [3.05, 3.63) is 52.8 Å². The van der Waals surface area contributed by atoms with Crippen LogP contribution in [0.3, 0.4) is 0 Å². The lowest BCUT2D eigenvalue weighted by Crippen LogP contribution is -2.28. The molecule has 20 heavy (non-hydrogen) atoms. The Balaban J connectivity index is 1.81. The quantitative estimate of drug-likeness (QED) is 0.925. The molecule has 2 unspecified atom stereocenters. The molecule has 1 heterocycles. The smallest absolute Gasteiger partial charge is 0.0540 e. The normalized spacial score (nSPS) is 19.6. The minimum Gasteiger partial charge on any atom is -0.303 e. The van der Waals surface area contributed by atoms with E-state index in [0.29, 0.717) is 12.1 Å². The summed E-state index contributed by atoms with van der Waals surface area (Å²) in [5.74, 6) is 0. The lowest BCUT2D eigenvalue weighted by molar-refractivity contribution is 0.410. The molecule has 3 heteroatoms. The first kappa shape index (κ1) is 13.4. The second-order valence-electron chi connectivity index (χ2n) is 5.86. The van der Waals surface area contributed by atoms with Crippen LogP contribution in [-0.4, -0.2) is 9.78 Å². The van der Waals surface area contributed by atoms with Gasteiger partial charge in [-0.2, -0.15) is 5.10 Å². The maximum atomic E-state index is 4.42. The maximum absolute atomic E-state index is 4.42. The fourth-order valence-corrected chi connectivity index (χ4v) is 3.34. The van der Waals surface area contributed by atoms with Crippen LogP contribution in [0.25, 0.3) is 0 Å². The number of nitrogens with zero attached hydrogens (tertiary/aromatic N) is 2. The molecule has 0 spiro atoms. The van der Waals surface area contributed by atoms with Gasteiger partial charge in [0.2, 0.25) is 0 Å². The standard InChI is InChI=1S/C17H23N3/c1-12-7-4-5-8-14(12)13(2)19-16-9-6-10-17-15(16)11-18-20(17)3/h4-5,7-8,11,13,16,19H,6,9-10H2,1-3H3. The zero-order chi connectivity index (χ0) is 14.1. The molecule has 0 bridgehead atoms. The third-order valence-corrected chi connectivity index (χ3v) is 4.48. The highest BCUT2D eigenvalue weighted by atomic mass is 15.3. The minimum atomic E-state index is 0.368. The van der Waals surface area contributed by atoms with Gasteiger partial charge in [-0.15, -0.1) is 0 Å². The Morgan fingerprint density at radius 3 is 2.95 bits per heavy atom. The lowest BCUT2D eigenvalue weighted by Gasteiger charge is -2.28. The van der Waals surface area contributed by atoms with Gasteiger partial charge in [-0.1, -0.05) is 24.3 Å². The van der Waals surface area contributed by atoms with Crippen molar-refractivity contribution in [1.29, 1.82) is 0 Å². The van der Waals surface area contributed by atoms with Gasteiger partial charge in [0.15, 0.2) is 0 Å². The average Bonchev–Trinajstić information content (AvgIpc) is 2.82. The van der Waals surface area contributed by atoms with E-state index in [9.17, 15) is 0 Å². The first-order valence-electron chi connectivity index (χ1n) is 7.49. The summed E-state index contributed by atoms with van der Waals surface area (Å²) < 4.78 is 2.03. The summed E-state index contributed by atoms with van der Waals surface area (Å²) in [6.45, 7) is 4.44. The number of hydrogen-bond acceptors (Lipinski definition) is 2. The van der Waals surface area contributed by atoms with Crippen LogP contribution in [-0.2, 0) is 13.5 Å². The van der Waals surface area contributed by atoms with Gasteiger partial charge >= 0.3 is 0 Å². The Labute approximate surface area is 121 Å². The molecule has 2 aromatic rings. The van der Waals surface area contributed by atoms with E-state index >= 15 is 0 Å². The molecule has 1 aromatic carbocycles. The van der Waals surface area contributed by atoms with E-state index in [-0.39, 0.29) is 0 Å². The van der Waals surface area contributed by atoms with E-state index in [1.54, 1.807) is 0 Å². The van der Waals surface area contributed by atoms with Gasteiger partial charge in [0, 0.05) is 30.4 Å². The summed E-state index contributed by atoms with van der Waals surface area (Å²) in [4.78, 5) is 0. The number of nitrogens with one attached hydrogen (secondary N) is 1. The van der Waals surface area contributed by atoms with Crippen LogP contribution in [0.2, 0.25) is 0 Å². The molecule has 0 saturated heterocycles. The molecule has 106 valence electrons. The van der Waals surface area contributed by atoms with E-state index in [0.717, 1.165) is 6.42 Å². The zero-order valence-electron chi connectivity index (χ0n) is 12.6. The molecule has 0 amide bonds. The fourth-order valence-electron chi connectivity index (χ4n) is 3.34. The maximum Gasteiger partial charge on any atom is 0.0540 e. The molecule has 0 aliphatic heterocycles. The Morgan fingerprint density at radius 2 is 2.15 bits per heavy atom. The monoisotopic (exact) mass is 269 g/mol. The van der Waals surface area contributed by atoms with Crippen molar-refractivity contribution >= 4 is 0 Å². The van der Waals surface area contributed by atoms with E-state index < -0.39 is 0 Å². The summed E-state index contributed by atoms with van der Waals surface area (Å²) in [6, 6.07) is 9.43. The molecule has 1 N–H and O–H groups in total. The summed E-state index contributed by atoms with van der Waals surface area (Å²) in [5.41, 5.74) is 5.53. The van der Waals surface area contributed by atoms with Crippen molar-refractivity contribution in [3.8, 4) is 0 Å². The third-order valence-electron chi connectivity index (χ3n) is 4.48. The van der Waals surface area contributed by atoms with E-state index in [4.69, 9.17) is 0 Å². The Kier molecular flexibility index (Phi) is 3.62. The summed E-state index contributed by atoms with van der Waals surface area (Å²) in [6.07, 6.45) is 5.64. The molecule has 1 aromatic heterocycles. The van der Waals surface area contributed by atoms with Crippen LogP contribution >= 0.6 is 0 Å². The molecule has 2 atom stereocenters. The molecular weight excluding hydrogens is 246 g/mol. The highest BCUT2D eigenvalue weighted by Gasteiger charge is 2.24. The number of benzene rings is 1. The number of rotatable bonds is 3. The van der Waals surface area contributed by atoms with Gasteiger partial charge in [-0.3, -0.25) is 4.68 Å². The molecule has 0 saturated carbocycles. The largest absolute Gasteiger partial charge is 0.303 e. The van der Waals surface area contributed by atoms with Crippen LogP contribution in [0.1, 0.15) is 54.2 Å². The zero-order valence-corrected chi connectivity index (χ0v) is 12.6. The highest BCUT2D eigenvalue weighted by molar-refractivity contribution is 5.30. The van der Waals surface area contributed by atoms with Crippen LogP contribution in [0.15, 0.2) is 30.5 Å². The molecule has 0 radical (unpaired) electrons. The van der Waals surface area contributed by atoms with Crippen LogP contribution in [0.5, 0.6) is 0 Å². The minimum absolute atomic E-state index is 0.368. The van der Waals surface area contributed by atoms with Gasteiger partial charge in [0.1, 0.15) is 0 Å². The predicted molar refractivity (Wildman–Crippen MR) is 81.6 cm³/mol. The second-order valence-corrected chi connectivity index (χ2v) is 5.86. The topological polar surface area (TPSA) is 29.9 Å². The Morgan fingerprint density at radius 1 is 1.35 bits per heavy atom. The van der Waals surface area contributed by atoms with Crippen molar-refractivity contribution in [3.63, 3.8) is 0 Å². The number of fused-ring (bicyclic) bond motifs is 1. The van der Waals surface area contributed by atoms with Crippen molar-refractivity contribution in [2.75, 3.05) is 0 Å². The van der Waals surface area contributed by atoms with Gasteiger partial charge in [-0.25, -0.2) is 0 Å². The first-order chi connectivity index (χ1) is 9.66. The van der Waals surface area contributed by atoms with Gasteiger partial charge < -0.3 is 5.32 Å². The molecular formula is C17H23N3. The highest BCUT2D eigenvalue weighted by Crippen LogP contribution is 2.31. The predicted octanol–water partition coefficient (Wildman–Crippen LogP) is 3.46. The molecule has 3 nitrogen and oxygen atoms in total. The Bertz CT molecular complexity index is 600. The van der Waals surface area contributed by atoms with Crippen molar-refractivity contribution in [2.45, 2.75) is 45.2 Å². The van der Waals surface area contributed by atoms with Crippen molar-refractivity contribution in [1.82, 2.24) is 15.1 Å². The summed E-state index contributed by atoms with van der Waals surface area (Å²) in [7, 11) is 2.05. The fraction of sp³-hybridized carbons (Fsp3) is 0.471. The Hall–Kier alpha value is -1.61.